The van der Waals surface area contributed by atoms with Gasteiger partial charge in [0.25, 0.3) is 0 Å². The molecule has 0 aromatic heterocycles. The molecule has 0 unspecified atom stereocenters. The van der Waals surface area contributed by atoms with Crippen molar-refractivity contribution in [3.05, 3.63) is 76.4 Å². The predicted octanol–water partition coefficient (Wildman–Crippen LogP) is 7.02. The van der Waals surface area contributed by atoms with E-state index in [1.54, 1.807) is 6.08 Å². The Labute approximate surface area is 176 Å². The van der Waals surface area contributed by atoms with Gasteiger partial charge in [-0.05, 0) is 75.0 Å². The average molecular weight is 391 g/mol. The number of benzene rings is 1. The van der Waals surface area contributed by atoms with Gasteiger partial charge in [0.15, 0.2) is 5.78 Å². The SMILES string of the molecule is C/C=C(\C=C/C(C)=N/C(=C\C(C)=O)c1ccc(C)c(C=N)c1)C(=C/CC)/CCC. The molecule has 0 amide bonds. The fourth-order valence-corrected chi connectivity index (χ4v) is 3.03. The van der Waals surface area contributed by atoms with Gasteiger partial charge < -0.3 is 5.41 Å². The Hall–Kier alpha value is -2.81. The third-order valence-electron chi connectivity index (χ3n) is 4.52. The van der Waals surface area contributed by atoms with Crippen LogP contribution in [0.15, 0.2) is 64.7 Å². The molecule has 0 heterocycles. The quantitative estimate of drug-likeness (QED) is 0.260. The van der Waals surface area contributed by atoms with E-state index in [-0.39, 0.29) is 5.78 Å². The lowest BCUT2D eigenvalue weighted by Gasteiger charge is -2.08. The molecule has 0 atom stereocenters. The van der Waals surface area contributed by atoms with Gasteiger partial charge in [-0.2, -0.15) is 0 Å². The summed E-state index contributed by atoms with van der Waals surface area (Å²) in [6.07, 6.45) is 14.6. The second-order valence-corrected chi connectivity index (χ2v) is 7.07. The first-order valence-electron chi connectivity index (χ1n) is 10.3. The molecule has 0 radical (unpaired) electrons. The number of allylic oxidation sites excluding steroid dienone is 7. The number of hydrogen-bond donors (Lipinski definition) is 1. The first kappa shape index (κ1) is 24.2. The second-order valence-electron chi connectivity index (χ2n) is 7.07. The summed E-state index contributed by atoms with van der Waals surface area (Å²) in [5, 5.41) is 7.58. The fourth-order valence-electron chi connectivity index (χ4n) is 3.03. The second kappa shape index (κ2) is 12.6. The Kier molecular flexibility index (Phi) is 10.5. The highest BCUT2D eigenvalue weighted by Crippen LogP contribution is 2.21. The van der Waals surface area contributed by atoms with Gasteiger partial charge >= 0.3 is 0 Å². The van der Waals surface area contributed by atoms with Crippen molar-refractivity contribution in [3.63, 3.8) is 0 Å². The summed E-state index contributed by atoms with van der Waals surface area (Å²) in [5.41, 5.74) is 6.68. The van der Waals surface area contributed by atoms with Gasteiger partial charge in [0, 0.05) is 23.6 Å². The maximum atomic E-state index is 11.8. The highest BCUT2D eigenvalue weighted by molar-refractivity contribution is 6.01. The van der Waals surface area contributed by atoms with E-state index in [1.807, 2.05) is 38.1 Å². The average Bonchev–Trinajstić information content (AvgIpc) is 2.68. The molecule has 29 heavy (non-hydrogen) atoms. The van der Waals surface area contributed by atoms with Crippen LogP contribution >= 0.6 is 0 Å². The highest BCUT2D eigenvalue weighted by Gasteiger charge is 2.06. The molecule has 154 valence electrons. The first-order chi connectivity index (χ1) is 13.9. The number of carbonyl (C=O) groups excluding carboxylic acids is 1. The van der Waals surface area contributed by atoms with Crippen molar-refractivity contribution >= 4 is 23.4 Å². The molecule has 0 saturated carbocycles. The van der Waals surface area contributed by atoms with E-state index < -0.39 is 0 Å². The zero-order valence-corrected chi connectivity index (χ0v) is 18.7. The van der Waals surface area contributed by atoms with E-state index in [2.05, 4.69) is 39.0 Å². The lowest BCUT2D eigenvalue weighted by molar-refractivity contribution is -0.112. The van der Waals surface area contributed by atoms with Crippen LogP contribution in [0.25, 0.3) is 5.70 Å². The number of hydrogen-bond acceptors (Lipinski definition) is 3. The van der Waals surface area contributed by atoms with E-state index in [1.165, 1.54) is 24.3 Å². The van der Waals surface area contributed by atoms with E-state index in [0.717, 1.165) is 41.7 Å². The molecule has 0 aliphatic carbocycles. The van der Waals surface area contributed by atoms with Crippen LogP contribution in [0.2, 0.25) is 0 Å². The predicted molar refractivity (Wildman–Crippen MR) is 127 cm³/mol. The van der Waals surface area contributed by atoms with Crippen LogP contribution in [0.3, 0.4) is 0 Å². The van der Waals surface area contributed by atoms with Crippen molar-refractivity contribution in [3.8, 4) is 0 Å². The lowest BCUT2D eigenvalue weighted by atomic mass is 9.99. The number of nitrogens with one attached hydrogen (secondary N) is 1. The summed E-state index contributed by atoms with van der Waals surface area (Å²) in [4.78, 5) is 16.4. The van der Waals surface area contributed by atoms with Crippen molar-refractivity contribution in [1.82, 2.24) is 0 Å². The van der Waals surface area contributed by atoms with Gasteiger partial charge in [0.2, 0.25) is 0 Å². The Morgan fingerprint density at radius 2 is 1.90 bits per heavy atom. The number of nitrogens with zero attached hydrogens (tertiary/aromatic N) is 1. The van der Waals surface area contributed by atoms with Gasteiger partial charge in [0.1, 0.15) is 0 Å². The Balaban J connectivity index is 3.27. The minimum atomic E-state index is -0.0530. The first-order valence-corrected chi connectivity index (χ1v) is 10.3. The number of aliphatic imine (C=N–C) groups is 1. The summed E-state index contributed by atoms with van der Waals surface area (Å²) in [6, 6.07) is 5.80. The van der Waals surface area contributed by atoms with Crippen LogP contribution in [0.1, 0.15) is 70.6 Å². The standard InChI is InChI=1S/C26H34N2O/c1-7-10-23(11-8-2)22(9-3)15-13-20(5)28-26(16-21(6)29)24-14-12-19(4)25(17-24)18-27/h9-10,12-18,27H,7-8,11H2,1-6H3/b15-13-,22-9+,23-10+,26-16-,27-18?,28-20+. The molecular formula is C26H34N2O. The summed E-state index contributed by atoms with van der Waals surface area (Å²) < 4.78 is 0. The van der Waals surface area contributed by atoms with Gasteiger partial charge in [-0.25, -0.2) is 0 Å². The van der Waals surface area contributed by atoms with E-state index >= 15 is 0 Å². The van der Waals surface area contributed by atoms with Crippen molar-refractivity contribution in [2.45, 2.75) is 60.8 Å². The van der Waals surface area contributed by atoms with E-state index in [0.29, 0.717) is 5.70 Å². The van der Waals surface area contributed by atoms with Gasteiger partial charge in [-0.3, -0.25) is 9.79 Å². The molecule has 1 rings (SSSR count). The van der Waals surface area contributed by atoms with Gasteiger partial charge in [-0.15, -0.1) is 0 Å². The Morgan fingerprint density at radius 1 is 1.17 bits per heavy atom. The summed E-state index contributed by atoms with van der Waals surface area (Å²) in [6.45, 7) is 11.8. The zero-order valence-electron chi connectivity index (χ0n) is 18.7. The molecule has 0 spiro atoms. The smallest absolute Gasteiger partial charge is 0.154 e. The molecule has 0 bridgehead atoms. The fraction of sp³-hybridized carbons (Fsp3) is 0.346. The van der Waals surface area contributed by atoms with Crippen molar-refractivity contribution in [2.24, 2.45) is 4.99 Å². The number of ketones is 1. The molecule has 0 aliphatic heterocycles. The molecule has 0 aliphatic rings. The van der Waals surface area contributed by atoms with Gasteiger partial charge in [0.05, 0.1) is 5.70 Å². The molecular weight excluding hydrogens is 356 g/mol. The maximum Gasteiger partial charge on any atom is 0.154 e. The van der Waals surface area contributed by atoms with Crippen molar-refractivity contribution in [1.29, 1.82) is 5.41 Å². The summed E-state index contributed by atoms with van der Waals surface area (Å²) >= 11 is 0. The summed E-state index contributed by atoms with van der Waals surface area (Å²) in [7, 11) is 0. The van der Waals surface area contributed by atoms with Crippen LogP contribution < -0.4 is 0 Å². The topological polar surface area (TPSA) is 53.3 Å². The number of rotatable bonds is 10. The molecule has 3 nitrogen and oxygen atoms in total. The van der Waals surface area contributed by atoms with Crippen LogP contribution in [0.4, 0.5) is 0 Å². The number of carbonyl (C=O) groups is 1. The molecule has 3 heteroatoms. The monoisotopic (exact) mass is 390 g/mol. The normalized spacial score (nSPS) is 13.9. The largest absolute Gasteiger partial charge is 0.308 e. The van der Waals surface area contributed by atoms with Crippen molar-refractivity contribution in [2.75, 3.05) is 0 Å². The molecule has 1 aromatic rings. The van der Waals surface area contributed by atoms with Crippen molar-refractivity contribution < 1.29 is 4.79 Å². The molecule has 1 aromatic carbocycles. The van der Waals surface area contributed by atoms with E-state index in [9.17, 15) is 4.79 Å². The molecule has 1 N–H and O–H groups in total. The summed E-state index contributed by atoms with van der Waals surface area (Å²) in [5.74, 6) is -0.0530. The van der Waals surface area contributed by atoms with Crippen LogP contribution in [0.5, 0.6) is 0 Å². The lowest BCUT2D eigenvalue weighted by Crippen LogP contribution is -1.95. The Morgan fingerprint density at radius 3 is 2.45 bits per heavy atom. The van der Waals surface area contributed by atoms with E-state index in [4.69, 9.17) is 10.4 Å². The molecule has 0 saturated heterocycles. The third-order valence-corrected chi connectivity index (χ3v) is 4.52. The zero-order chi connectivity index (χ0) is 21.8. The van der Waals surface area contributed by atoms with Gasteiger partial charge in [-0.1, -0.05) is 50.6 Å². The highest BCUT2D eigenvalue weighted by atomic mass is 16.1. The maximum absolute atomic E-state index is 11.8. The number of aryl methyl sites for hydroxylation is 1. The molecule has 0 fully saturated rings. The van der Waals surface area contributed by atoms with Crippen LogP contribution in [0, 0.1) is 12.3 Å². The Bertz CT molecular complexity index is 880. The minimum Gasteiger partial charge on any atom is -0.308 e. The minimum absolute atomic E-state index is 0.0530. The van der Waals surface area contributed by atoms with Crippen LogP contribution in [-0.4, -0.2) is 17.7 Å². The third kappa shape index (κ3) is 7.98. The van der Waals surface area contributed by atoms with Crippen LogP contribution in [-0.2, 0) is 4.79 Å².